The summed E-state index contributed by atoms with van der Waals surface area (Å²) < 4.78 is 16.7. The number of para-hydroxylation sites is 1. The lowest BCUT2D eigenvalue weighted by molar-refractivity contribution is -0.142. The molecule has 192 valence electrons. The molecule has 1 amide bonds. The molecular weight excluding hydrogens is 458 g/mol. The van der Waals surface area contributed by atoms with Crippen molar-refractivity contribution < 1.29 is 28.9 Å². The highest BCUT2D eigenvalue weighted by Crippen LogP contribution is 2.42. The number of rotatable bonds is 8. The predicted molar refractivity (Wildman–Crippen MR) is 139 cm³/mol. The van der Waals surface area contributed by atoms with Gasteiger partial charge in [-0.3, -0.25) is 4.79 Å². The van der Waals surface area contributed by atoms with Crippen LogP contribution in [0, 0.1) is 0 Å². The van der Waals surface area contributed by atoms with E-state index in [-0.39, 0.29) is 24.7 Å². The van der Waals surface area contributed by atoms with Gasteiger partial charge in [0, 0.05) is 17.7 Å². The molecule has 7 nitrogen and oxygen atoms in total. The zero-order chi connectivity index (χ0) is 26.5. The van der Waals surface area contributed by atoms with Crippen LogP contribution in [0.3, 0.4) is 0 Å². The van der Waals surface area contributed by atoms with Gasteiger partial charge in [-0.05, 0) is 76.5 Å². The summed E-state index contributed by atoms with van der Waals surface area (Å²) in [6.45, 7) is 11.5. The van der Waals surface area contributed by atoms with Crippen LogP contribution in [0.1, 0.15) is 58.2 Å². The van der Waals surface area contributed by atoms with E-state index in [9.17, 15) is 14.7 Å². The van der Waals surface area contributed by atoms with Crippen molar-refractivity contribution in [2.75, 3.05) is 6.61 Å². The Morgan fingerprint density at radius 2 is 1.81 bits per heavy atom. The second kappa shape index (κ2) is 10.9. The quantitative estimate of drug-likeness (QED) is 0.446. The van der Waals surface area contributed by atoms with Gasteiger partial charge in [-0.2, -0.15) is 0 Å². The Morgan fingerprint density at radius 1 is 1.08 bits per heavy atom. The summed E-state index contributed by atoms with van der Waals surface area (Å²) in [5, 5.41) is 14.1. The van der Waals surface area contributed by atoms with Crippen LogP contribution < -0.4 is 10.1 Å². The Kier molecular flexibility index (Phi) is 8.13. The standard InChI is InChI=1S/C29H35NO6/c1-7-34-25(31)17-22-12-8-9-14-24(22)35-29(6)19(2)15-23(26(29)32)21-13-10-11-20(16-21)18-30-27(33)36-28(3,4)5/h8-16,32H,7,17-18H2,1-6H3,(H,30,33). The fourth-order valence-electron chi connectivity index (χ4n) is 3.89. The molecule has 2 aromatic carbocycles. The summed E-state index contributed by atoms with van der Waals surface area (Å²) in [6.07, 6.45) is 1.48. The minimum atomic E-state index is -1.11. The first kappa shape index (κ1) is 26.9. The van der Waals surface area contributed by atoms with E-state index in [2.05, 4.69) is 5.32 Å². The van der Waals surface area contributed by atoms with Gasteiger partial charge in [-0.15, -0.1) is 0 Å². The number of hydrogen-bond acceptors (Lipinski definition) is 6. The molecule has 1 aliphatic carbocycles. The first-order valence-electron chi connectivity index (χ1n) is 12.0. The minimum Gasteiger partial charge on any atom is -0.507 e. The molecule has 7 heteroatoms. The number of aliphatic hydroxyl groups is 1. The van der Waals surface area contributed by atoms with Gasteiger partial charge in [0.1, 0.15) is 17.1 Å². The second-order valence-corrected chi connectivity index (χ2v) is 9.87. The number of alkyl carbamates (subject to hydrolysis) is 1. The Hall–Kier alpha value is -3.74. The van der Waals surface area contributed by atoms with E-state index in [0.717, 1.165) is 16.7 Å². The molecule has 2 N–H and O–H groups in total. The molecule has 0 bridgehead atoms. The Balaban J connectivity index is 1.82. The zero-order valence-corrected chi connectivity index (χ0v) is 21.8. The van der Waals surface area contributed by atoms with Crippen molar-refractivity contribution in [3.8, 4) is 5.75 Å². The monoisotopic (exact) mass is 493 g/mol. The lowest BCUT2D eigenvalue weighted by Crippen LogP contribution is -2.34. The molecule has 0 saturated carbocycles. The van der Waals surface area contributed by atoms with Crippen LogP contribution in [0.15, 0.2) is 65.9 Å². The van der Waals surface area contributed by atoms with Crippen LogP contribution in [0.25, 0.3) is 5.57 Å². The average Bonchev–Trinajstić information content (AvgIpc) is 3.02. The van der Waals surface area contributed by atoms with Crippen LogP contribution in [-0.2, 0) is 27.2 Å². The number of amides is 1. The van der Waals surface area contributed by atoms with Crippen molar-refractivity contribution in [3.63, 3.8) is 0 Å². The maximum Gasteiger partial charge on any atom is 0.407 e. The van der Waals surface area contributed by atoms with Gasteiger partial charge >= 0.3 is 12.1 Å². The maximum atomic E-state index is 12.1. The van der Waals surface area contributed by atoms with Crippen molar-refractivity contribution in [1.82, 2.24) is 5.32 Å². The minimum absolute atomic E-state index is 0.0724. The van der Waals surface area contributed by atoms with Crippen LogP contribution in [-0.4, -0.2) is 35.0 Å². The number of esters is 1. The number of hydrogen-bond donors (Lipinski definition) is 2. The van der Waals surface area contributed by atoms with Crippen molar-refractivity contribution in [3.05, 3.63) is 82.6 Å². The molecule has 2 aromatic rings. The van der Waals surface area contributed by atoms with Crippen molar-refractivity contribution >= 4 is 17.6 Å². The highest BCUT2D eigenvalue weighted by Gasteiger charge is 2.41. The molecule has 0 radical (unpaired) electrons. The molecule has 0 saturated heterocycles. The van der Waals surface area contributed by atoms with E-state index in [1.165, 1.54) is 0 Å². The maximum absolute atomic E-state index is 12.1. The highest BCUT2D eigenvalue weighted by molar-refractivity contribution is 5.82. The van der Waals surface area contributed by atoms with Crippen LogP contribution >= 0.6 is 0 Å². The third kappa shape index (κ3) is 6.47. The van der Waals surface area contributed by atoms with Gasteiger partial charge in [0.05, 0.1) is 13.0 Å². The number of carbonyl (C=O) groups excluding carboxylic acids is 2. The molecule has 0 heterocycles. The topological polar surface area (TPSA) is 94.1 Å². The van der Waals surface area contributed by atoms with Crippen LogP contribution in [0.4, 0.5) is 4.79 Å². The number of nitrogens with one attached hydrogen (secondary N) is 1. The summed E-state index contributed by atoms with van der Waals surface area (Å²) in [5.74, 6) is 0.238. The SMILES string of the molecule is CCOC(=O)Cc1ccccc1OC1(C)C(C)=CC(c2cccc(CNC(=O)OC(C)(C)C)c2)=C1O. The van der Waals surface area contributed by atoms with E-state index < -0.39 is 17.3 Å². The lowest BCUT2D eigenvalue weighted by atomic mass is 9.97. The fourth-order valence-corrected chi connectivity index (χ4v) is 3.89. The predicted octanol–water partition coefficient (Wildman–Crippen LogP) is 5.88. The Bertz CT molecular complexity index is 1190. The molecule has 1 atom stereocenters. The number of allylic oxidation sites excluding steroid dienone is 2. The molecule has 0 aliphatic heterocycles. The molecule has 0 fully saturated rings. The molecule has 1 unspecified atom stereocenters. The lowest BCUT2D eigenvalue weighted by Gasteiger charge is -2.29. The van der Waals surface area contributed by atoms with Crippen molar-refractivity contribution in [1.29, 1.82) is 0 Å². The largest absolute Gasteiger partial charge is 0.507 e. The van der Waals surface area contributed by atoms with Crippen LogP contribution in [0.2, 0.25) is 0 Å². The smallest absolute Gasteiger partial charge is 0.407 e. The first-order chi connectivity index (χ1) is 16.9. The van der Waals surface area contributed by atoms with E-state index in [4.69, 9.17) is 14.2 Å². The molecule has 3 rings (SSSR count). The highest BCUT2D eigenvalue weighted by atomic mass is 16.6. The van der Waals surface area contributed by atoms with Crippen LogP contribution in [0.5, 0.6) is 5.75 Å². The van der Waals surface area contributed by atoms with Gasteiger partial charge in [-0.25, -0.2) is 4.79 Å². The van der Waals surface area contributed by atoms with E-state index >= 15 is 0 Å². The van der Waals surface area contributed by atoms with E-state index in [1.54, 1.807) is 19.9 Å². The number of carbonyl (C=O) groups is 2. The molecule has 36 heavy (non-hydrogen) atoms. The third-order valence-corrected chi connectivity index (χ3v) is 5.82. The van der Waals surface area contributed by atoms with E-state index in [1.807, 2.05) is 76.2 Å². The van der Waals surface area contributed by atoms with Gasteiger partial charge in [-0.1, -0.05) is 36.4 Å². The number of benzene rings is 2. The van der Waals surface area contributed by atoms with Gasteiger partial charge < -0.3 is 24.6 Å². The third-order valence-electron chi connectivity index (χ3n) is 5.82. The summed E-state index contributed by atoms with van der Waals surface area (Å²) in [6, 6.07) is 14.8. The van der Waals surface area contributed by atoms with E-state index in [0.29, 0.717) is 23.5 Å². The average molecular weight is 494 g/mol. The Labute approximate surface area is 212 Å². The fraction of sp³-hybridized carbons (Fsp3) is 0.379. The normalized spacial score (nSPS) is 17.4. The second-order valence-electron chi connectivity index (χ2n) is 9.87. The first-order valence-corrected chi connectivity index (χ1v) is 12.0. The van der Waals surface area contributed by atoms with Gasteiger partial charge in [0.15, 0.2) is 5.60 Å². The zero-order valence-electron chi connectivity index (χ0n) is 21.8. The molecule has 0 spiro atoms. The Morgan fingerprint density at radius 3 is 2.50 bits per heavy atom. The molecular formula is C29H35NO6. The number of ether oxygens (including phenoxy) is 3. The molecule has 1 aliphatic rings. The summed E-state index contributed by atoms with van der Waals surface area (Å²) in [5.41, 5.74) is 2.11. The number of aliphatic hydroxyl groups excluding tert-OH is 1. The van der Waals surface area contributed by atoms with Crippen molar-refractivity contribution in [2.24, 2.45) is 0 Å². The molecule has 0 aromatic heterocycles. The van der Waals surface area contributed by atoms with Gasteiger partial charge in [0.2, 0.25) is 0 Å². The summed E-state index contributed by atoms with van der Waals surface area (Å²) >= 11 is 0. The summed E-state index contributed by atoms with van der Waals surface area (Å²) in [7, 11) is 0. The van der Waals surface area contributed by atoms with Crippen molar-refractivity contribution in [2.45, 2.75) is 65.7 Å². The summed E-state index contributed by atoms with van der Waals surface area (Å²) in [4.78, 5) is 24.1. The van der Waals surface area contributed by atoms with Gasteiger partial charge in [0.25, 0.3) is 0 Å².